The van der Waals surface area contributed by atoms with Gasteiger partial charge in [-0.05, 0) is 70.8 Å². The lowest BCUT2D eigenvalue weighted by Crippen LogP contribution is -2.25. The summed E-state index contributed by atoms with van der Waals surface area (Å²) in [4.78, 5) is 8.53. The van der Waals surface area contributed by atoms with Gasteiger partial charge in [0.15, 0.2) is 23.0 Å². The summed E-state index contributed by atoms with van der Waals surface area (Å²) in [6.07, 6.45) is 0. The summed E-state index contributed by atoms with van der Waals surface area (Å²) in [6, 6.07) is 56.0. The van der Waals surface area contributed by atoms with E-state index in [1.54, 1.807) is 28.4 Å². The van der Waals surface area contributed by atoms with E-state index in [0.717, 1.165) is 22.3 Å². The largest absolute Gasteiger partial charge is 0.492 e. The lowest BCUT2D eigenvalue weighted by Gasteiger charge is -2.37. The van der Waals surface area contributed by atoms with Crippen molar-refractivity contribution in [3.05, 3.63) is 212 Å². The molecule has 0 saturated heterocycles. The number of ether oxygens (including phenoxy) is 4. The predicted octanol–water partition coefficient (Wildman–Crippen LogP) is 16.0. The molecule has 0 unspecified atom stereocenters. The summed E-state index contributed by atoms with van der Waals surface area (Å²) < 4.78 is 26.4. The summed E-state index contributed by atoms with van der Waals surface area (Å²) in [6.45, 7) is 1.48. The molecule has 1 aliphatic heterocycles. The van der Waals surface area contributed by atoms with Crippen LogP contribution in [0.2, 0.25) is 20.1 Å². The topological polar surface area (TPSA) is 49.9 Å². The zero-order valence-electron chi connectivity index (χ0n) is 37.9. The third kappa shape index (κ3) is 9.55. The number of anilines is 8. The minimum absolute atomic E-state index is 0.369. The molecular formula is C56H48Cl4N4O4. The van der Waals surface area contributed by atoms with E-state index < -0.39 is 0 Å². The molecule has 344 valence electrons. The highest BCUT2D eigenvalue weighted by Crippen LogP contribution is 2.56. The van der Waals surface area contributed by atoms with Crippen molar-refractivity contribution in [3.8, 4) is 23.0 Å². The van der Waals surface area contributed by atoms with E-state index in [1.807, 2.05) is 121 Å². The second kappa shape index (κ2) is 20.7. The maximum absolute atomic E-state index is 7.36. The van der Waals surface area contributed by atoms with Gasteiger partial charge in [0.2, 0.25) is 0 Å². The second-order valence-electron chi connectivity index (χ2n) is 16.2. The second-order valence-corrected chi connectivity index (χ2v) is 17.9. The number of halogens is 4. The molecule has 0 atom stereocenters. The van der Waals surface area contributed by atoms with E-state index in [0.29, 0.717) is 115 Å². The van der Waals surface area contributed by atoms with Gasteiger partial charge in [-0.2, -0.15) is 0 Å². The van der Waals surface area contributed by atoms with Gasteiger partial charge in [-0.25, -0.2) is 0 Å². The molecule has 0 N–H and O–H groups in total. The molecule has 0 spiro atoms. The summed E-state index contributed by atoms with van der Waals surface area (Å²) in [5, 5.41) is 1.84. The molecule has 0 saturated carbocycles. The quantitative estimate of drug-likeness (QED) is 0.120. The Hall–Kier alpha value is -6.68. The third-order valence-corrected chi connectivity index (χ3v) is 12.8. The number of nitrogens with zero attached hydrogens (tertiary/aromatic N) is 4. The van der Waals surface area contributed by atoms with Gasteiger partial charge in [-0.3, -0.25) is 0 Å². The predicted molar refractivity (Wildman–Crippen MR) is 281 cm³/mol. The van der Waals surface area contributed by atoms with Crippen LogP contribution in [0.15, 0.2) is 170 Å². The van der Waals surface area contributed by atoms with Crippen LogP contribution in [-0.4, -0.2) is 28.4 Å². The van der Waals surface area contributed by atoms with Crippen molar-refractivity contribution in [2.45, 2.75) is 26.2 Å². The smallest absolute Gasteiger partial charge is 0.166 e. The Balaban J connectivity index is 1.46. The molecule has 12 heteroatoms. The van der Waals surface area contributed by atoms with Crippen LogP contribution in [0.25, 0.3) is 0 Å². The Bertz CT molecular complexity index is 2530. The molecule has 1 heterocycles. The third-order valence-electron chi connectivity index (χ3n) is 11.9. The normalized spacial score (nSPS) is 12.2. The number of fused-ring (bicyclic) bond motifs is 8. The van der Waals surface area contributed by atoms with Crippen LogP contribution in [0.4, 0.5) is 45.5 Å². The first-order valence-corrected chi connectivity index (χ1v) is 23.4. The number of rotatable bonds is 12. The molecule has 9 rings (SSSR count). The van der Waals surface area contributed by atoms with Crippen LogP contribution in [0.1, 0.15) is 22.3 Å². The molecule has 0 radical (unpaired) electrons. The summed E-state index contributed by atoms with van der Waals surface area (Å²) in [5.41, 5.74) is 9.26. The monoisotopic (exact) mass is 980 g/mol. The molecule has 68 heavy (non-hydrogen) atoms. The van der Waals surface area contributed by atoms with Crippen molar-refractivity contribution in [2.24, 2.45) is 0 Å². The van der Waals surface area contributed by atoms with E-state index in [1.165, 1.54) is 0 Å². The molecule has 1 aliphatic rings. The highest BCUT2D eigenvalue weighted by atomic mass is 35.5. The van der Waals surface area contributed by atoms with Crippen LogP contribution >= 0.6 is 46.4 Å². The van der Waals surface area contributed by atoms with Gasteiger partial charge in [-0.15, -0.1) is 0 Å². The Morgan fingerprint density at radius 1 is 0.279 bits per heavy atom. The molecule has 8 aromatic rings. The summed E-state index contributed by atoms with van der Waals surface area (Å²) in [7, 11) is 6.68. The van der Waals surface area contributed by atoms with Gasteiger partial charge in [0.05, 0.1) is 73.9 Å². The highest BCUT2D eigenvalue weighted by Gasteiger charge is 2.33. The summed E-state index contributed by atoms with van der Waals surface area (Å²) in [5.74, 6) is 2.12. The van der Waals surface area contributed by atoms with E-state index in [4.69, 9.17) is 65.4 Å². The van der Waals surface area contributed by atoms with Crippen LogP contribution in [0.5, 0.6) is 23.0 Å². The molecule has 0 amide bonds. The first kappa shape index (κ1) is 46.4. The van der Waals surface area contributed by atoms with Crippen molar-refractivity contribution in [3.63, 3.8) is 0 Å². The van der Waals surface area contributed by atoms with Crippen molar-refractivity contribution in [1.82, 2.24) is 0 Å². The van der Waals surface area contributed by atoms with Gasteiger partial charge < -0.3 is 38.5 Å². The van der Waals surface area contributed by atoms with Crippen molar-refractivity contribution < 1.29 is 18.9 Å². The Labute approximate surface area is 417 Å². The molecule has 0 fully saturated rings. The Kier molecular flexibility index (Phi) is 14.1. The Morgan fingerprint density at radius 2 is 0.441 bits per heavy atom. The van der Waals surface area contributed by atoms with Crippen molar-refractivity contribution >= 4 is 91.9 Å². The maximum Gasteiger partial charge on any atom is 0.166 e. The van der Waals surface area contributed by atoms with Gasteiger partial charge in [0.25, 0.3) is 0 Å². The highest BCUT2D eigenvalue weighted by molar-refractivity contribution is 6.33. The van der Waals surface area contributed by atoms with E-state index in [-0.39, 0.29) is 0 Å². The molecular weight excluding hydrogens is 934 g/mol. The Morgan fingerprint density at radius 3 is 0.588 bits per heavy atom. The number of hydrogen-bond donors (Lipinski definition) is 0. The number of methoxy groups -OCH3 is 4. The van der Waals surface area contributed by atoms with Gasteiger partial charge in [0, 0.05) is 46.3 Å². The molecule has 8 bridgehead atoms. The fraction of sp³-hybridized carbons (Fsp3) is 0.143. The lowest BCUT2D eigenvalue weighted by atomic mass is 10.1. The number of hydrogen-bond acceptors (Lipinski definition) is 8. The standard InChI is InChI=1S/C56H48Cl4N4O4/c1-65-53-45-25-41(57)26-46(53)62(34-38-19-11-6-12-20-38)48-28-43(59)30-50(55(48)67-3)64(36-40-23-15-8-16-24-40)52-32-44(60)31-51(56(52)68-4)63(35-39-21-13-7-14-22-39)49-29-42(58)27-47(54(49)66-2)61(45)33-37-17-9-5-10-18-37/h5-32H,33-36H2,1-4H3. The van der Waals surface area contributed by atoms with Crippen LogP contribution < -0.4 is 38.5 Å². The first-order chi connectivity index (χ1) is 33.2. The van der Waals surface area contributed by atoms with Gasteiger partial charge in [-0.1, -0.05) is 168 Å². The van der Waals surface area contributed by atoms with E-state index in [9.17, 15) is 0 Å². The fourth-order valence-corrected chi connectivity index (χ4v) is 9.79. The van der Waals surface area contributed by atoms with Crippen LogP contribution in [0.3, 0.4) is 0 Å². The molecule has 0 aliphatic carbocycles. The average Bonchev–Trinajstić information content (AvgIpc) is 3.35. The van der Waals surface area contributed by atoms with Crippen molar-refractivity contribution in [2.75, 3.05) is 48.0 Å². The van der Waals surface area contributed by atoms with Crippen LogP contribution in [-0.2, 0) is 26.2 Å². The zero-order valence-corrected chi connectivity index (χ0v) is 41.0. The minimum atomic E-state index is 0.369. The molecule has 8 aromatic carbocycles. The van der Waals surface area contributed by atoms with Crippen LogP contribution in [0, 0.1) is 0 Å². The average molecular weight is 983 g/mol. The van der Waals surface area contributed by atoms with E-state index in [2.05, 4.69) is 68.1 Å². The lowest BCUT2D eigenvalue weighted by molar-refractivity contribution is 0.407. The maximum atomic E-state index is 7.36. The first-order valence-electron chi connectivity index (χ1n) is 21.9. The minimum Gasteiger partial charge on any atom is -0.492 e. The molecule has 0 aromatic heterocycles. The van der Waals surface area contributed by atoms with Gasteiger partial charge >= 0.3 is 0 Å². The van der Waals surface area contributed by atoms with Gasteiger partial charge in [0.1, 0.15) is 0 Å². The zero-order chi connectivity index (χ0) is 47.3. The summed E-state index contributed by atoms with van der Waals surface area (Å²) >= 11 is 29.4. The van der Waals surface area contributed by atoms with E-state index >= 15 is 0 Å². The number of benzene rings is 8. The molecule has 8 nitrogen and oxygen atoms in total. The SMILES string of the molecule is COc1c2cc(Cl)cc1N(Cc1ccccc1)c1cc(Cl)cc(c1OC)N(Cc1ccccc1)c1cc(Cl)cc(c1OC)N(Cc1ccccc1)c1cc(Cl)cc(c1OC)N2Cc1ccccc1. The van der Waals surface area contributed by atoms with Crippen molar-refractivity contribution in [1.29, 1.82) is 0 Å². The fourth-order valence-electron chi connectivity index (χ4n) is 8.97.